The number of nitrogens with two attached hydrogens (primary N) is 1. The molecule has 0 spiro atoms. The number of aryl methyl sites for hydroxylation is 1. The number of thioether (sulfide) groups is 1. The van der Waals surface area contributed by atoms with Crippen molar-refractivity contribution in [3.63, 3.8) is 0 Å². The summed E-state index contributed by atoms with van der Waals surface area (Å²) in [7, 11) is 0. The van der Waals surface area contributed by atoms with Crippen LogP contribution in [0.4, 0.5) is 0 Å². The number of rotatable bonds is 6. The molecule has 0 saturated carbocycles. The van der Waals surface area contributed by atoms with E-state index in [0.717, 1.165) is 28.4 Å². The Labute approximate surface area is 163 Å². The fourth-order valence-corrected chi connectivity index (χ4v) is 2.96. The summed E-state index contributed by atoms with van der Waals surface area (Å²) < 4.78 is 5.84. The molecule has 0 aliphatic rings. The van der Waals surface area contributed by atoms with Gasteiger partial charge in [-0.15, -0.1) is 5.10 Å². The molecule has 4 nitrogen and oxygen atoms in total. The Bertz CT molecular complexity index is 922. The topological polar surface area (TPSA) is 60.0 Å². The molecule has 0 aromatic heterocycles. The van der Waals surface area contributed by atoms with Gasteiger partial charge in [-0.2, -0.15) is 5.10 Å². The lowest BCUT2D eigenvalue weighted by molar-refractivity contribution is 0.482. The average Bonchev–Trinajstić information content (AvgIpc) is 2.69. The summed E-state index contributed by atoms with van der Waals surface area (Å²) in [5.41, 5.74) is 9.18. The molecule has 3 aromatic rings. The molecule has 0 aliphatic carbocycles. The SMILES string of the molecule is Cc1cccc(Oc2ccc(C=NN=C(N)SCc3ccccc3)cc2)c1. The molecular weight excluding hydrogens is 354 g/mol. The standard InChI is InChI=1S/C22H21N3OS/c1-17-6-5-9-21(14-17)26-20-12-10-18(11-13-20)15-24-25-22(23)27-16-19-7-3-2-4-8-19/h2-15H,16H2,1H3,(H2,23,25). The van der Waals surface area contributed by atoms with Crippen molar-refractivity contribution in [3.8, 4) is 11.5 Å². The first-order valence-corrected chi connectivity index (χ1v) is 9.55. The van der Waals surface area contributed by atoms with Gasteiger partial charge < -0.3 is 10.5 Å². The van der Waals surface area contributed by atoms with Crippen molar-refractivity contribution in [2.24, 2.45) is 15.9 Å². The molecule has 0 heterocycles. The van der Waals surface area contributed by atoms with E-state index in [1.807, 2.05) is 73.7 Å². The second kappa shape index (κ2) is 9.59. The number of ether oxygens (including phenoxy) is 1. The van der Waals surface area contributed by atoms with Crippen molar-refractivity contribution in [2.75, 3.05) is 0 Å². The van der Waals surface area contributed by atoms with Gasteiger partial charge in [0.25, 0.3) is 0 Å². The minimum atomic E-state index is 0.439. The van der Waals surface area contributed by atoms with E-state index < -0.39 is 0 Å². The van der Waals surface area contributed by atoms with Crippen LogP contribution < -0.4 is 10.5 Å². The van der Waals surface area contributed by atoms with Gasteiger partial charge in [0, 0.05) is 5.75 Å². The molecule has 0 radical (unpaired) electrons. The van der Waals surface area contributed by atoms with E-state index in [0.29, 0.717) is 5.17 Å². The zero-order valence-electron chi connectivity index (χ0n) is 15.1. The van der Waals surface area contributed by atoms with Crippen LogP contribution in [0.1, 0.15) is 16.7 Å². The molecule has 0 unspecified atom stereocenters. The molecule has 27 heavy (non-hydrogen) atoms. The lowest BCUT2D eigenvalue weighted by atomic mass is 10.2. The molecule has 5 heteroatoms. The maximum absolute atomic E-state index is 5.89. The monoisotopic (exact) mass is 375 g/mol. The maximum atomic E-state index is 5.89. The quantitative estimate of drug-likeness (QED) is 0.358. The van der Waals surface area contributed by atoms with Gasteiger partial charge in [0.15, 0.2) is 5.17 Å². The van der Waals surface area contributed by atoms with Gasteiger partial charge in [0.05, 0.1) is 6.21 Å². The highest BCUT2D eigenvalue weighted by Gasteiger charge is 1.98. The summed E-state index contributed by atoms with van der Waals surface area (Å²) in [5, 5.41) is 8.52. The number of hydrogen-bond donors (Lipinski definition) is 1. The first-order chi connectivity index (χ1) is 13.2. The minimum Gasteiger partial charge on any atom is -0.457 e. The Morgan fingerprint density at radius 1 is 0.963 bits per heavy atom. The van der Waals surface area contributed by atoms with E-state index in [4.69, 9.17) is 10.5 Å². The molecular formula is C22H21N3OS. The molecule has 0 amide bonds. The highest BCUT2D eigenvalue weighted by molar-refractivity contribution is 8.13. The minimum absolute atomic E-state index is 0.439. The lowest BCUT2D eigenvalue weighted by Gasteiger charge is -2.06. The lowest BCUT2D eigenvalue weighted by Crippen LogP contribution is -2.05. The highest BCUT2D eigenvalue weighted by Crippen LogP contribution is 2.22. The largest absolute Gasteiger partial charge is 0.457 e. The molecule has 0 saturated heterocycles. The predicted molar refractivity (Wildman–Crippen MR) is 115 cm³/mol. The first-order valence-electron chi connectivity index (χ1n) is 8.57. The number of benzene rings is 3. The van der Waals surface area contributed by atoms with Crippen molar-refractivity contribution in [2.45, 2.75) is 12.7 Å². The third-order valence-corrected chi connectivity index (χ3v) is 4.55. The predicted octanol–water partition coefficient (Wildman–Crippen LogP) is 5.37. The summed E-state index contributed by atoms with van der Waals surface area (Å²) in [6.07, 6.45) is 1.67. The molecule has 0 bridgehead atoms. The molecule has 0 atom stereocenters. The summed E-state index contributed by atoms with van der Waals surface area (Å²) in [4.78, 5) is 0. The van der Waals surface area contributed by atoms with E-state index in [-0.39, 0.29) is 0 Å². The van der Waals surface area contributed by atoms with Gasteiger partial charge in [-0.25, -0.2) is 0 Å². The van der Waals surface area contributed by atoms with Gasteiger partial charge in [0.2, 0.25) is 0 Å². The van der Waals surface area contributed by atoms with E-state index in [9.17, 15) is 0 Å². The summed E-state index contributed by atoms with van der Waals surface area (Å²) in [5.74, 6) is 2.37. The van der Waals surface area contributed by atoms with Crippen LogP contribution in [0.25, 0.3) is 0 Å². The van der Waals surface area contributed by atoms with Gasteiger partial charge in [-0.1, -0.05) is 54.2 Å². The maximum Gasteiger partial charge on any atom is 0.180 e. The molecule has 3 rings (SSSR count). The van der Waals surface area contributed by atoms with Gasteiger partial charge >= 0.3 is 0 Å². The average molecular weight is 375 g/mol. The normalized spacial score (nSPS) is 11.7. The Kier molecular flexibility index (Phi) is 6.66. The van der Waals surface area contributed by atoms with Crippen LogP contribution in [0.5, 0.6) is 11.5 Å². The van der Waals surface area contributed by atoms with Crippen LogP contribution in [0.15, 0.2) is 89.1 Å². The third-order valence-electron chi connectivity index (χ3n) is 3.70. The molecule has 136 valence electrons. The van der Waals surface area contributed by atoms with Crippen LogP contribution in [-0.2, 0) is 5.75 Å². The zero-order valence-corrected chi connectivity index (χ0v) is 15.9. The van der Waals surface area contributed by atoms with Crippen molar-refractivity contribution < 1.29 is 4.74 Å². The van der Waals surface area contributed by atoms with Crippen molar-refractivity contribution in [1.29, 1.82) is 0 Å². The van der Waals surface area contributed by atoms with E-state index in [2.05, 4.69) is 22.3 Å². The van der Waals surface area contributed by atoms with Gasteiger partial charge in [-0.05, 0) is 60.0 Å². The summed E-state index contributed by atoms with van der Waals surface area (Å²) >= 11 is 1.46. The van der Waals surface area contributed by atoms with E-state index >= 15 is 0 Å². The zero-order chi connectivity index (χ0) is 18.9. The summed E-state index contributed by atoms with van der Waals surface area (Å²) in [6, 6.07) is 25.7. The molecule has 0 aliphatic heterocycles. The van der Waals surface area contributed by atoms with Gasteiger partial charge in [-0.3, -0.25) is 0 Å². The van der Waals surface area contributed by atoms with Crippen molar-refractivity contribution in [3.05, 3.63) is 95.6 Å². The van der Waals surface area contributed by atoms with Crippen molar-refractivity contribution >= 4 is 23.1 Å². The van der Waals surface area contributed by atoms with Crippen LogP contribution in [0, 0.1) is 6.92 Å². The second-order valence-corrected chi connectivity index (χ2v) is 6.94. The summed E-state index contributed by atoms with van der Waals surface area (Å²) in [6.45, 7) is 2.04. The Morgan fingerprint density at radius 3 is 2.48 bits per heavy atom. The van der Waals surface area contributed by atoms with Crippen molar-refractivity contribution in [1.82, 2.24) is 0 Å². The van der Waals surface area contributed by atoms with Crippen LogP contribution in [0.2, 0.25) is 0 Å². The Hall–Kier alpha value is -3.05. The first kappa shape index (κ1) is 18.7. The molecule has 2 N–H and O–H groups in total. The van der Waals surface area contributed by atoms with Crippen LogP contribution in [-0.4, -0.2) is 11.4 Å². The smallest absolute Gasteiger partial charge is 0.180 e. The van der Waals surface area contributed by atoms with Crippen LogP contribution >= 0.6 is 11.8 Å². The number of hydrogen-bond acceptors (Lipinski definition) is 4. The fourth-order valence-electron chi connectivity index (χ4n) is 2.35. The van der Waals surface area contributed by atoms with E-state index in [1.54, 1.807) is 6.21 Å². The van der Waals surface area contributed by atoms with E-state index in [1.165, 1.54) is 17.3 Å². The fraction of sp³-hybridized carbons (Fsp3) is 0.0909. The number of amidine groups is 1. The van der Waals surface area contributed by atoms with Gasteiger partial charge in [0.1, 0.15) is 11.5 Å². The number of nitrogens with zero attached hydrogens (tertiary/aromatic N) is 2. The molecule has 0 fully saturated rings. The Morgan fingerprint density at radius 2 is 1.74 bits per heavy atom. The third kappa shape index (κ3) is 6.31. The van der Waals surface area contributed by atoms with Crippen LogP contribution in [0.3, 0.4) is 0 Å². The highest BCUT2D eigenvalue weighted by atomic mass is 32.2. The Balaban J connectivity index is 1.52. The molecule has 3 aromatic carbocycles. The second-order valence-electron chi connectivity index (χ2n) is 5.94.